The minimum Gasteiger partial charge on any atom is -0.370 e. The van der Waals surface area contributed by atoms with Crippen LogP contribution in [0.4, 0.5) is 5.69 Å². The van der Waals surface area contributed by atoms with Crippen LogP contribution in [0.5, 0.6) is 0 Å². The molecule has 0 spiro atoms. The summed E-state index contributed by atoms with van der Waals surface area (Å²) < 4.78 is 0. The Hall–Kier alpha value is -1.73. The molecule has 0 N–H and O–H groups in total. The van der Waals surface area contributed by atoms with E-state index >= 15 is 0 Å². The van der Waals surface area contributed by atoms with Crippen molar-refractivity contribution >= 4 is 23.2 Å². The number of benzene rings is 1. The van der Waals surface area contributed by atoms with Gasteiger partial charge in [-0.3, -0.25) is 4.79 Å². The van der Waals surface area contributed by atoms with Crippen molar-refractivity contribution in [2.75, 3.05) is 25.0 Å². The van der Waals surface area contributed by atoms with Gasteiger partial charge in [-0.15, -0.1) is 0 Å². The van der Waals surface area contributed by atoms with E-state index in [0.717, 1.165) is 31.6 Å². The average molecular weight is 334 g/mol. The molecule has 1 heterocycles. The molecule has 1 aromatic rings. The highest BCUT2D eigenvalue weighted by Crippen LogP contribution is 2.30. The largest absolute Gasteiger partial charge is 0.370 e. The van der Waals surface area contributed by atoms with E-state index in [-0.39, 0.29) is 11.9 Å². The molecule has 1 aliphatic heterocycles. The second-order valence-electron chi connectivity index (χ2n) is 6.51. The predicted octanol–water partition coefficient (Wildman–Crippen LogP) is 3.68. The smallest absolute Gasteiger partial charge is 0.222 e. The topological polar surface area (TPSA) is 47.3 Å². The number of carbonyl (C=O) groups excluding carboxylic acids is 1. The first-order chi connectivity index (χ1) is 10.9. The number of anilines is 1. The molecule has 0 aromatic heterocycles. The molecule has 0 atom stereocenters. The Morgan fingerprint density at radius 3 is 2.65 bits per heavy atom. The van der Waals surface area contributed by atoms with E-state index < -0.39 is 0 Å². The lowest BCUT2D eigenvalue weighted by Crippen LogP contribution is -2.38. The average Bonchev–Trinajstić information content (AvgIpc) is 2.54. The van der Waals surface area contributed by atoms with Gasteiger partial charge in [0.05, 0.1) is 11.3 Å². The van der Waals surface area contributed by atoms with Crippen molar-refractivity contribution in [3.8, 4) is 6.07 Å². The van der Waals surface area contributed by atoms with Crippen molar-refractivity contribution in [3.05, 3.63) is 28.8 Å². The monoisotopic (exact) mass is 333 g/mol. The fourth-order valence-electron chi connectivity index (χ4n) is 2.92. The molecule has 0 bridgehead atoms. The van der Waals surface area contributed by atoms with Crippen LogP contribution in [0.25, 0.3) is 0 Å². The maximum absolute atomic E-state index is 12.2. The van der Waals surface area contributed by atoms with Crippen molar-refractivity contribution < 1.29 is 4.79 Å². The first kappa shape index (κ1) is 17.6. The van der Waals surface area contributed by atoms with Gasteiger partial charge in [-0.05, 0) is 50.8 Å². The molecule has 1 amide bonds. The van der Waals surface area contributed by atoms with E-state index in [2.05, 4.69) is 11.0 Å². The summed E-state index contributed by atoms with van der Waals surface area (Å²) in [6, 6.07) is 7.85. The van der Waals surface area contributed by atoms with Crippen molar-refractivity contribution in [1.29, 1.82) is 5.26 Å². The van der Waals surface area contributed by atoms with Gasteiger partial charge in [-0.25, -0.2) is 0 Å². The normalized spacial score (nSPS) is 15.6. The second kappa shape index (κ2) is 7.70. The molecule has 0 aliphatic carbocycles. The maximum atomic E-state index is 12.2. The summed E-state index contributed by atoms with van der Waals surface area (Å²) in [5.41, 5.74) is 1.56. The van der Waals surface area contributed by atoms with Crippen LogP contribution < -0.4 is 4.90 Å². The lowest BCUT2D eigenvalue weighted by Gasteiger charge is -2.34. The molecule has 2 rings (SSSR count). The first-order valence-corrected chi connectivity index (χ1v) is 8.50. The van der Waals surface area contributed by atoms with Crippen LogP contribution in [0.2, 0.25) is 5.02 Å². The SMILES string of the molecule is CC(C)N(C)C(=O)CC1CCN(c2cc(Cl)ccc2C#N)CC1. The minimum absolute atomic E-state index is 0.221. The van der Waals surface area contributed by atoms with E-state index in [4.69, 9.17) is 11.6 Å². The van der Waals surface area contributed by atoms with Crippen molar-refractivity contribution in [1.82, 2.24) is 4.90 Å². The Morgan fingerprint density at radius 2 is 2.09 bits per heavy atom. The number of rotatable bonds is 4. The van der Waals surface area contributed by atoms with Crippen LogP contribution in [-0.2, 0) is 4.79 Å². The van der Waals surface area contributed by atoms with Gasteiger partial charge in [0.25, 0.3) is 0 Å². The van der Waals surface area contributed by atoms with Crippen LogP contribution in [0.3, 0.4) is 0 Å². The van der Waals surface area contributed by atoms with Crippen LogP contribution in [0.1, 0.15) is 38.7 Å². The summed E-state index contributed by atoms with van der Waals surface area (Å²) in [7, 11) is 1.87. The molecule has 1 fully saturated rings. The van der Waals surface area contributed by atoms with Crippen LogP contribution >= 0.6 is 11.6 Å². The van der Waals surface area contributed by atoms with Gasteiger partial charge in [0.1, 0.15) is 6.07 Å². The van der Waals surface area contributed by atoms with Gasteiger partial charge in [0, 0.05) is 37.6 Å². The van der Waals surface area contributed by atoms with Crippen LogP contribution in [-0.4, -0.2) is 37.0 Å². The van der Waals surface area contributed by atoms with Crippen molar-refractivity contribution in [2.24, 2.45) is 5.92 Å². The Labute approximate surface area is 143 Å². The zero-order chi connectivity index (χ0) is 17.0. The van der Waals surface area contributed by atoms with Gasteiger partial charge in [-0.1, -0.05) is 11.6 Å². The third-order valence-corrected chi connectivity index (χ3v) is 4.90. The zero-order valence-electron chi connectivity index (χ0n) is 14.1. The molecule has 124 valence electrons. The quantitative estimate of drug-likeness (QED) is 0.844. The number of hydrogen-bond donors (Lipinski definition) is 0. The molecule has 0 unspecified atom stereocenters. The van der Waals surface area contributed by atoms with Gasteiger partial charge in [-0.2, -0.15) is 5.26 Å². The van der Waals surface area contributed by atoms with E-state index in [9.17, 15) is 10.1 Å². The Bertz CT molecular complexity index is 601. The molecule has 5 heteroatoms. The summed E-state index contributed by atoms with van der Waals surface area (Å²) in [4.78, 5) is 16.2. The molecular formula is C18H24ClN3O. The van der Waals surface area contributed by atoms with Crippen LogP contribution in [0.15, 0.2) is 18.2 Å². The molecule has 1 aromatic carbocycles. The van der Waals surface area contributed by atoms with E-state index in [0.29, 0.717) is 22.9 Å². The lowest BCUT2D eigenvalue weighted by atomic mass is 9.92. The Morgan fingerprint density at radius 1 is 1.43 bits per heavy atom. The second-order valence-corrected chi connectivity index (χ2v) is 6.94. The predicted molar refractivity (Wildman–Crippen MR) is 93.6 cm³/mol. The summed E-state index contributed by atoms with van der Waals surface area (Å²) >= 11 is 6.07. The first-order valence-electron chi connectivity index (χ1n) is 8.12. The van der Waals surface area contributed by atoms with E-state index in [1.165, 1.54) is 0 Å². The molecular weight excluding hydrogens is 310 g/mol. The highest BCUT2D eigenvalue weighted by Gasteiger charge is 2.24. The van der Waals surface area contributed by atoms with Gasteiger partial charge < -0.3 is 9.80 Å². The minimum atomic E-state index is 0.221. The number of nitrogens with zero attached hydrogens (tertiary/aromatic N) is 3. The van der Waals surface area contributed by atoms with Crippen molar-refractivity contribution in [3.63, 3.8) is 0 Å². The number of amides is 1. The molecule has 0 saturated carbocycles. The standard InChI is InChI=1S/C18H24ClN3O/c1-13(2)21(3)18(23)10-14-6-8-22(9-7-14)17-11-16(19)5-4-15(17)12-20/h4-5,11,13-14H,6-10H2,1-3H3. The number of carbonyl (C=O) groups is 1. The summed E-state index contributed by atoms with van der Waals surface area (Å²) in [6.45, 7) is 5.78. The number of nitriles is 1. The van der Waals surface area contributed by atoms with E-state index in [1.54, 1.807) is 12.1 Å². The third-order valence-electron chi connectivity index (χ3n) is 4.67. The molecule has 1 saturated heterocycles. The fraction of sp³-hybridized carbons (Fsp3) is 0.556. The number of piperidine rings is 1. The molecule has 23 heavy (non-hydrogen) atoms. The van der Waals surface area contributed by atoms with Crippen LogP contribution in [0, 0.1) is 17.2 Å². The number of halogens is 1. The number of hydrogen-bond acceptors (Lipinski definition) is 3. The van der Waals surface area contributed by atoms with Crippen molar-refractivity contribution in [2.45, 2.75) is 39.2 Å². The molecule has 4 nitrogen and oxygen atoms in total. The fourth-order valence-corrected chi connectivity index (χ4v) is 3.08. The van der Waals surface area contributed by atoms with Gasteiger partial charge >= 0.3 is 0 Å². The van der Waals surface area contributed by atoms with Gasteiger partial charge in [0.15, 0.2) is 0 Å². The highest BCUT2D eigenvalue weighted by atomic mass is 35.5. The van der Waals surface area contributed by atoms with E-state index in [1.807, 2.05) is 31.9 Å². The third kappa shape index (κ3) is 4.39. The lowest BCUT2D eigenvalue weighted by molar-refractivity contribution is -0.132. The summed E-state index contributed by atoms with van der Waals surface area (Å²) in [6.07, 6.45) is 2.55. The Balaban J connectivity index is 1.96. The summed E-state index contributed by atoms with van der Waals surface area (Å²) in [5.74, 6) is 0.642. The zero-order valence-corrected chi connectivity index (χ0v) is 14.8. The Kier molecular flexibility index (Phi) is 5.90. The van der Waals surface area contributed by atoms with Gasteiger partial charge in [0.2, 0.25) is 5.91 Å². The molecule has 0 radical (unpaired) electrons. The maximum Gasteiger partial charge on any atom is 0.222 e. The molecule has 1 aliphatic rings. The summed E-state index contributed by atoms with van der Waals surface area (Å²) in [5, 5.41) is 9.90. The highest BCUT2D eigenvalue weighted by molar-refractivity contribution is 6.30.